The number of halogens is 1. The van der Waals surface area contributed by atoms with Crippen LogP contribution >= 0.6 is 11.3 Å². The van der Waals surface area contributed by atoms with Crippen molar-refractivity contribution in [2.45, 2.75) is 12.8 Å². The molecule has 0 fully saturated rings. The van der Waals surface area contributed by atoms with Gasteiger partial charge in [0, 0.05) is 18.3 Å². The minimum absolute atomic E-state index is 0.151. The van der Waals surface area contributed by atoms with E-state index in [1.165, 1.54) is 6.07 Å². The van der Waals surface area contributed by atoms with E-state index in [0.717, 1.165) is 22.8 Å². The van der Waals surface area contributed by atoms with Crippen LogP contribution in [0.4, 0.5) is 9.52 Å². The summed E-state index contributed by atoms with van der Waals surface area (Å²) in [6, 6.07) is 6.84. The molecule has 2 aromatic rings. The lowest BCUT2D eigenvalue weighted by molar-refractivity contribution is 0.610. The largest absolute Gasteiger partial charge is 0.361 e. The number of nitrogens with two attached hydrogens (primary N) is 1. The van der Waals surface area contributed by atoms with Gasteiger partial charge in [-0.25, -0.2) is 9.37 Å². The quantitative estimate of drug-likeness (QED) is 0.843. The van der Waals surface area contributed by atoms with E-state index in [1.807, 2.05) is 11.4 Å². The summed E-state index contributed by atoms with van der Waals surface area (Å²) in [7, 11) is 0. The molecule has 18 heavy (non-hydrogen) atoms. The number of benzene rings is 1. The second kappa shape index (κ2) is 6.47. The maximum absolute atomic E-state index is 13.4. The molecule has 0 saturated carbocycles. The highest BCUT2D eigenvalue weighted by molar-refractivity contribution is 7.13. The van der Waals surface area contributed by atoms with Gasteiger partial charge in [-0.15, -0.1) is 11.3 Å². The molecule has 0 atom stereocenters. The number of hydrogen-bond acceptors (Lipinski definition) is 4. The van der Waals surface area contributed by atoms with Crippen molar-refractivity contribution in [3.63, 3.8) is 0 Å². The van der Waals surface area contributed by atoms with Crippen LogP contribution < -0.4 is 11.1 Å². The van der Waals surface area contributed by atoms with Crippen LogP contribution in [0, 0.1) is 5.82 Å². The third-order valence-corrected chi connectivity index (χ3v) is 3.43. The van der Waals surface area contributed by atoms with E-state index in [2.05, 4.69) is 10.3 Å². The zero-order chi connectivity index (χ0) is 12.8. The molecule has 3 nitrogen and oxygen atoms in total. The fourth-order valence-electron chi connectivity index (χ4n) is 1.66. The van der Waals surface area contributed by atoms with E-state index in [1.54, 1.807) is 23.5 Å². The molecular weight excluding hydrogens is 249 g/mol. The molecule has 0 spiro atoms. The van der Waals surface area contributed by atoms with E-state index in [9.17, 15) is 4.39 Å². The summed E-state index contributed by atoms with van der Waals surface area (Å²) in [6.45, 7) is 1.29. The molecule has 0 unspecified atom stereocenters. The van der Waals surface area contributed by atoms with Crippen LogP contribution in [-0.2, 0) is 12.8 Å². The molecule has 0 aliphatic carbocycles. The maximum Gasteiger partial charge on any atom is 0.182 e. The van der Waals surface area contributed by atoms with Crippen molar-refractivity contribution in [3.8, 4) is 0 Å². The first kappa shape index (κ1) is 13.0. The Hall–Kier alpha value is -1.46. The molecule has 0 saturated heterocycles. The van der Waals surface area contributed by atoms with Gasteiger partial charge < -0.3 is 11.1 Å². The van der Waals surface area contributed by atoms with Gasteiger partial charge in [0.1, 0.15) is 5.82 Å². The van der Waals surface area contributed by atoms with E-state index in [0.29, 0.717) is 19.5 Å². The normalized spacial score (nSPS) is 10.6. The molecule has 96 valence electrons. The van der Waals surface area contributed by atoms with E-state index >= 15 is 0 Å². The smallest absolute Gasteiger partial charge is 0.182 e. The molecule has 0 aliphatic heterocycles. The first-order chi connectivity index (χ1) is 8.79. The molecular formula is C13H16FN3S. The van der Waals surface area contributed by atoms with Gasteiger partial charge in [-0.3, -0.25) is 0 Å². The lowest BCUT2D eigenvalue weighted by atomic mass is 10.1. The number of nitrogens with zero attached hydrogens (tertiary/aromatic N) is 1. The first-order valence-corrected chi connectivity index (χ1v) is 6.79. The van der Waals surface area contributed by atoms with Gasteiger partial charge in [0.25, 0.3) is 0 Å². The number of aromatic nitrogens is 1. The Morgan fingerprint density at radius 3 is 2.89 bits per heavy atom. The maximum atomic E-state index is 13.4. The van der Waals surface area contributed by atoms with Crippen LogP contribution in [0.2, 0.25) is 0 Å². The second-order valence-electron chi connectivity index (χ2n) is 3.95. The zero-order valence-corrected chi connectivity index (χ0v) is 10.8. The number of thiazole rings is 1. The lowest BCUT2D eigenvalue weighted by Crippen LogP contribution is -2.06. The van der Waals surface area contributed by atoms with Gasteiger partial charge in [-0.05, 0) is 24.6 Å². The summed E-state index contributed by atoms with van der Waals surface area (Å²) in [6.07, 6.45) is 1.45. The summed E-state index contributed by atoms with van der Waals surface area (Å²) >= 11 is 1.56. The van der Waals surface area contributed by atoms with Crippen LogP contribution in [0.3, 0.4) is 0 Å². The van der Waals surface area contributed by atoms with Crippen molar-refractivity contribution < 1.29 is 4.39 Å². The average Bonchev–Trinajstić information content (AvgIpc) is 2.80. The summed E-state index contributed by atoms with van der Waals surface area (Å²) < 4.78 is 13.4. The summed E-state index contributed by atoms with van der Waals surface area (Å²) in [5.41, 5.74) is 7.20. The lowest BCUT2D eigenvalue weighted by Gasteiger charge is -2.03. The molecule has 0 aliphatic rings. The minimum Gasteiger partial charge on any atom is -0.361 e. The second-order valence-corrected chi connectivity index (χ2v) is 4.81. The third kappa shape index (κ3) is 3.51. The monoisotopic (exact) mass is 265 g/mol. The van der Waals surface area contributed by atoms with Gasteiger partial charge in [0.2, 0.25) is 0 Å². The standard InChI is InChI=1S/C13H16FN3S/c14-12-4-2-1-3-10(12)6-8-16-13-17-11(5-7-15)9-18-13/h1-4,9H,5-8,15H2,(H,16,17). The first-order valence-electron chi connectivity index (χ1n) is 5.91. The Kier molecular flexibility index (Phi) is 4.66. The van der Waals surface area contributed by atoms with Gasteiger partial charge in [0.15, 0.2) is 5.13 Å². The summed E-state index contributed by atoms with van der Waals surface area (Å²) in [5, 5.41) is 6.07. The van der Waals surface area contributed by atoms with Crippen molar-refractivity contribution in [1.82, 2.24) is 4.98 Å². The molecule has 2 rings (SSSR count). The van der Waals surface area contributed by atoms with Crippen molar-refractivity contribution in [1.29, 1.82) is 0 Å². The molecule has 1 aromatic heterocycles. The molecule has 1 heterocycles. The van der Waals surface area contributed by atoms with Crippen LogP contribution in [0.25, 0.3) is 0 Å². The average molecular weight is 265 g/mol. The van der Waals surface area contributed by atoms with Crippen molar-refractivity contribution in [2.24, 2.45) is 5.73 Å². The van der Waals surface area contributed by atoms with Crippen molar-refractivity contribution in [3.05, 3.63) is 46.7 Å². The minimum atomic E-state index is -0.151. The van der Waals surface area contributed by atoms with Gasteiger partial charge >= 0.3 is 0 Å². The Labute approximate surface area is 110 Å². The number of rotatable bonds is 6. The van der Waals surface area contributed by atoms with E-state index in [4.69, 9.17) is 5.73 Å². The van der Waals surface area contributed by atoms with Crippen LogP contribution in [0.15, 0.2) is 29.6 Å². The highest BCUT2D eigenvalue weighted by Crippen LogP contribution is 2.15. The Morgan fingerprint density at radius 2 is 2.11 bits per heavy atom. The summed E-state index contributed by atoms with van der Waals surface area (Å²) in [5.74, 6) is -0.151. The van der Waals surface area contributed by atoms with E-state index in [-0.39, 0.29) is 5.82 Å². The van der Waals surface area contributed by atoms with Gasteiger partial charge in [0.05, 0.1) is 5.69 Å². The van der Waals surface area contributed by atoms with E-state index < -0.39 is 0 Å². The third-order valence-electron chi connectivity index (χ3n) is 2.58. The highest BCUT2D eigenvalue weighted by atomic mass is 32.1. The van der Waals surface area contributed by atoms with Crippen molar-refractivity contribution >= 4 is 16.5 Å². The number of anilines is 1. The van der Waals surface area contributed by atoms with Crippen molar-refractivity contribution in [2.75, 3.05) is 18.4 Å². The van der Waals surface area contributed by atoms with Crippen LogP contribution in [0.5, 0.6) is 0 Å². The fraction of sp³-hybridized carbons (Fsp3) is 0.308. The van der Waals surface area contributed by atoms with Crippen LogP contribution in [-0.4, -0.2) is 18.1 Å². The van der Waals surface area contributed by atoms with Gasteiger partial charge in [-0.1, -0.05) is 18.2 Å². The molecule has 0 bridgehead atoms. The number of nitrogens with one attached hydrogen (secondary N) is 1. The zero-order valence-electron chi connectivity index (χ0n) is 10.0. The SMILES string of the molecule is NCCc1csc(NCCc2ccccc2F)n1. The molecule has 0 amide bonds. The fourth-order valence-corrected chi connectivity index (χ4v) is 2.43. The van der Waals surface area contributed by atoms with Crippen LogP contribution in [0.1, 0.15) is 11.3 Å². The van der Waals surface area contributed by atoms with Gasteiger partial charge in [-0.2, -0.15) is 0 Å². The Morgan fingerprint density at radius 1 is 1.28 bits per heavy atom. The molecule has 0 radical (unpaired) electrons. The molecule has 1 aromatic carbocycles. The molecule has 5 heteroatoms. The Bertz CT molecular complexity index is 498. The highest BCUT2D eigenvalue weighted by Gasteiger charge is 2.02. The summed E-state index contributed by atoms with van der Waals surface area (Å²) in [4.78, 5) is 4.39. The predicted octanol–water partition coefficient (Wildman–Crippen LogP) is 2.44. The molecule has 3 N–H and O–H groups in total. The Balaban J connectivity index is 1.83. The topological polar surface area (TPSA) is 50.9 Å². The predicted molar refractivity (Wildman–Crippen MR) is 73.5 cm³/mol. The number of hydrogen-bond donors (Lipinski definition) is 2.